The Kier molecular flexibility index (Phi) is 3.68. The quantitative estimate of drug-likeness (QED) is 0.733. The molecule has 0 amide bonds. The van der Waals surface area contributed by atoms with Gasteiger partial charge in [-0.25, -0.2) is 0 Å². The molecule has 0 aromatic heterocycles. The van der Waals surface area contributed by atoms with E-state index in [9.17, 15) is 0 Å². The molecule has 0 N–H and O–H groups in total. The fourth-order valence-corrected chi connectivity index (χ4v) is 2.56. The lowest BCUT2D eigenvalue weighted by Crippen LogP contribution is -1.84. The van der Waals surface area contributed by atoms with Crippen molar-refractivity contribution in [1.29, 1.82) is 0 Å². The summed E-state index contributed by atoms with van der Waals surface area (Å²) >= 11 is 1.83. The van der Waals surface area contributed by atoms with Crippen LogP contribution in [0.2, 0.25) is 0 Å². The third kappa shape index (κ3) is 2.67. The summed E-state index contributed by atoms with van der Waals surface area (Å²) in [7, 11) is 0. The van der Waals surface area contributed by atoms with Crippen molar-refractivity contribution in [1.82, 2.24) is 0 Å². The maximum absolute atomic E-state index is 2.28. The van der Waals surface area contributed by atoms with Crippen LogP contribution in [0, 0.1) is 6.92 Å². The minimum absolute atomic E-state index is 1.11. The van der Waals surface area contributed by atoms with Crippen molar-refractivity contribution in [3.63, 3.8) is 0 Å². The van der Waals surface area contributed by atoms with Gasteiger partial charge in [0.05, 0.1) is 0 Å². The number of hydrogen-bond acceptors (Lipinski definition) is 1. The Morgan fingerprint density at radius 3 is 2.38 bits per heavy atom. The van der Waals surface area contributed by atoms with Crippen molar-refractivity contribution >= 4 is 11.8 Å². The molecule has 82 valence electrons. The van der Waals surface area contributed by atoms with Gasteiger partial charge in [-0.2, -0.15) is 0 Å². The van der Waals surface area contributed by atoms with Crippen molar-refractivity contribution in [2.45, 2.75) is 30.1 Å². The normalized spacial score (nSPS) is 10.4. The van der Waals surface area contributed by atoms with E-state index in [4.69, 9.17) is 0 Å². The lowest BCUT2D eigenvalue weighted by atomic mass is 10.1. The highest BCUT2D eigenvalue weighted by Gasteiger charge is 2.01. The van der Waals surface area contributed by atoms with Crippen molar-refractivity contribution < 1.29 is 0 Å². The van der Waals surface area contributed by atoms with Crippen LogP contribution in [0.1, 0.15) is 18.1 Å². The molecule has 0 aliphatic heterocycles. The molecule has 0 saturated carbocycles. The molecule has 2 aromatic carbocycles. The molecular formula is C15H16S. The minimum atomic E-state index is 1.11. The van der Waals surface area contributed by atoms with Crippen LogP contribution in [0.4, 0.5) is 0 Å². The molecule has 0 heterocycles. The third-order valence-corrected chi connectivity index (χ3v) is 3.80. The fraction of sp³-hybridized carbons (Fsp3) is 0.200. The smallest absolute Gasteiger partial charge is 0.0151 e. The third-order valence-electron chi connectivity index (χ3n) is 2.62. The van der Waals surface area contributed by atoms with E-state index >= 15 is 0 Å². The van der Waals surface area contributed by atoms with Crippen molar-refractivity contribution in [2.75, 3.05) is 0 Å². The second kappa shape index (κ2) is 5.22. The molecule has 0 unspecified atom stereocenters. The number of rotatable bonds is 3. The zero-order valence-corrected chi connectivity index (χ0v) is 10.6. The molecule has 0 bridgehead atoms. The molecule has 0 aliphatic rings. The second-order valence-electron chi connectivity index (χ2n) is 3.87. The summed E-state index contributed by atoms with van der Waals surface area (Å²) < 4.78 is 0. The van der Waals surface area contributed by atoms with Crippen LogP contribution >= 0.6 is 11.8 Å². The van der Waals surface area contributed by atoms with Crippen LogP contribution in [0.15, 0.2) is 58.3 Å². The number of aryl methyl sites for hydroxylation is 2. The van der Waals surface area contributed by atoms with Crippen LogP contribution in [0.5, 0.6) is 0 Å². The van der Waals surface area contributed by atoms with Gasteiger partial charge in [0.1, 0.15) is 0 Å². The Balaban J connectivity index is 2.22. The standard InChI is InChI=1S/C15H16S/c1-3-13-9-10-15(12(2)11-13)16-14-7-5-4-6-8-14/h4-11H,3H2,1-2H3. The average Bonchev–Trinajstić information content (AvgIpc) is 2.33. The number of hydrogen-bond donors (Lipinski definition) is 0. The van der Waals surface area contributed by atoms with E-state index in [0.717, 1.165) is 6.42 Å². The average molecular weight is 228 g/mol. The topological polar surface area (TPSA) is 0 Å². The van der Waals surface area contributed by atoms with Gasteiger partial charge >= 0.3 is 0 Å². The van der Waals surface area contributed by atoms with Crippen LogP contribution in [0.3, 0.4) is 0 Å². The summed E-state index contributed by atoms with van der Waals surface area (Å²) in [6.07, 6.45) is 1.11. The lowest BCUT2D eigenvalue weighted by molar-refractivity contribution is 1.11. The molecule has 1 heteroatoms. The molecule has 0 fully saturated rings. The molecule has 2 rings (SSSR count). The van der Waals surface area contributed by atoms with Gasteiger partial charge < -0.3 is 0 Å². The van der Waals surface area contributed by atoms with Crippen LogP contribution in [-0.4, -0.2) is 0 Å². The molecule has 0 radical (unpaired) electrons. The Bertz CT molecular complexity index is 460. The molecule has 0 saturated heterocycles. The van der Waals surface area contributed by atoms with Gasteiger partial charge in [-0.05, 0) is 42.7 Å². The Hall–Kier alpha value is -1.21. The summed E-state index contributed by atoms with van der Waals surface area (Å²) in [6.45, 7) is 4.38. The molecule has 0 spiro atoms. The summed E-state index contributed by atoms with van der Waals surface area (Å²) in [5, 5.41) is 0. The highest BCUT2D eigenvalue weighted by molar-refractivity contribution is 7.99. The van der Waals surface area contributed by atoms with Gasteiger partial charge in [-0.1, -0.05) is 49.0 Å². The maximum atomic E-state index is 2.28. The van der Waals surface area contributed by atoms with Crippen molar-refractivity contribution in [3.05, 3.63) is 59.7 Å². The molecule has 16 heavy (non-hydrogen) atoms. The van der Waals surface area contributed by atoms with Gasteiger partial charge in [0.15, 0.2) is 0 Å². The van der Waals surface area contributed by atoms with E-state index in [1.807, 2.05) is 11.8 Å². The lowest BCUT2D eigenvalue weighted by Gasteiger charge is -2.07. The summed E-state index contributed by atoms with van der Waals surface area (Å²) in [5.74, 6) is 0. The predicted octanol–water partition coefficient (Wildman–Crippen LogP) is 4.71. The van der Waals surface area contributed by atoms with E-state index < -0.39 is 0 Å². The van der Waals surface area contributed by atoms with Gasteiger partial charge in [0, 0.05) is 9.79 Å². The Labute approximate surface area is 102 Å². The first kappa shape index (κ1) is 11.3. The first-order chi connectivity index (χ1) is 7.79. The van der Waals surface area contributed by atoms with Gasteiger partial charge in [0.2, 0.25) is 0 Å². The summed E-state index contributed by atoms with van der Waals surface area (Å²) in [6, 6.07) is 17.2. The van der Waals surface area contributed by atoms with Crippen LogP contribution in [0.25, 0.3) is 0 Å². The largest absolute Gasteiger partial charge is 0.0898 e. The Morgan fingerprint density at radius 2 is 1.75 bits per heavy atom. The van der Waals surface area contributed by atoms with E-state index in [1.165, 1.54) is 20.9 Å². The summed E-state index contributed by atoms with van der Waals surface area (Å²) in [4.78, 5) is 2.65. The predicted molar refractivity (Wildman–Crippen MR) is 71.1 cm³/mol. The fourth-order valence-electron chi connectivity index (χ4n) is 1.66. The maximum Gasteiger partial charge on any atom is 0.0151 e. The molecular weight excluding hydrogens is 212 g/mol. The first-order valence-electron chi connectivity index (χ1n) is 5.62. The molecule has 2 aromatic rings. The van der Waals surface area contributed by atoms with Crippen molar-refractivity contribution in [3.8, 4) is 0 Å². The zero-order valence-electron chi connectivity index (χ0n) is 9.73. The van der Waals surface area contributed by atoms with Crippen LogP contribution in [-0.2, 0) is 6.42 Å². The van der Waals surface area contributed by atoms with E-state index in [-0.39, 0.29) is 0 Å². The first-order valence-corrected chi connectivity index (χ1v) is 6.43. The minimum Gasteiger partial charge on any atom is -0.0898 e. The monoisotopic (exact) mass is 228 g/mol. The molecule has 0 aliphatic carbocycles. The SMILES string of the molecule is CCc1ccc(Sc2ccccc2)c(C)c1. The van der Waals surface area contributed by atoms with Gasteiger partial charge in [-0.15, -0.1) is 0 Å². The highest BCUT2D eigenvalue weighted by atomic mass is 32.2. The van der Waals surface area contributed by atoms with Crippen molar-refractivity contribution in [2.24, 2.45) is 0 Å². The van der Waals surface area contributed by atoms with Gasteiger partial charge in [-0.3, -0.25) is 0 Å². The van der Waals surface area contributed by atoms with Crippen LogP contribution < -0.4 is 0 Å². The van der Waals surface area contributed by atoms with Gasteiger partial charge in [0.25, 0.3) is 0 Å². The van der Waals surface area contributed by atoms with E-state index in [1.54, 1.807) is 0 Å². The Morgan fingerprint density at radius 1 is 1.00 bits per heavy atom. The molecule has 0 nitrogen and oxygen atoms in total. The molecule has 0 atom stereocenters. The highest BCUT2D eigenvalue weighted by Crippen LogP contribution is 2.30. The van der Waals surface area contributed by atoms with E-state index in [0.29, 0.717) is 0 Å². The zero-order chi connectivity index (χ0) is 11.4. The van der Waals surface area contributed by atoms with E-state index in [2.05, 4.69) is 62.4 Å². The number of benzene rings is 2. The summed E-state index contributed by atoms with van der Waals surface area (Å²) in [5.41, 5.74) is 2.78. The second-order valence-corrected chi connectivity index (χ2v) is 4.98.